The predicted octanol–water partition coefficient (Wildman–Crippen LogP) is 3.16. The van der Waals surface area contributed by atoms with E-state index in [1.807, 2.05) is 6.92 Å². The number of carbonyl (C=O) groups excluding carboxylic acids is 1. The summed E-state index contributed by atoms with van der Waals surface area (Å²) < 4.78 is 31.9. The van der Waals surface area contributed by atoms with Gasteiger partial charge in [-0.1, -0.05) is 26.8 Å². The Kier molecular flexibility index (Phi) is 6.59. The average molecular weight is 391 g/mol. The van der Waals surface area contributed by atoms with Gasteiger partial charge in [0.15, 0.2) is 9.84 Å². The molecule has 6 nitrogen and oxygen atoms in total. The van der Waals surface area contributed by atoms with Crippen molar-refractivity contribution < 1.29 is 17.9 Å². The molecule has 1 aromatic heterocycles. The molecule has 0 radical (unpaired) electrons. The van der Waals surface area contributed by atoms with Crippen molar-refractivity contribution in [2.75, 3.05) is 13.2 Å². The van der Waals surface area contributed by atoms with E-state index in [9.17, 15) is 13.2 Å². The van der Waals surface area contributed by atoms with Gasteiger partial charge >= 0.3 is 0 Å². The highest BCUT2D eigenvalue weighted by molar-refractivity contribution is 7.91. The van der Waals surface area contributed by atoms with Gasteiger partial charge in [-0.15, -0.1) is 0 Å². The smallest absolute Gasteiger partial charge is 0.225 e. The zero-order chi connectivity index (χ0) is 20.1. The lowest BCUT2D eigenvalue weighted by atomic mass is 9.95. The number of ether oxygens (including phenoxy) is 1. The van der Waals surface area contributed by atoms with E-state index in [-0.39, 0.29) is 17.3 Å². The lowest BCUT2D eigenvalue weighted by Gasteiger charge is -2.22. The number of pyridine rings is 1. The quantitative estimate of drug-likeness (QED) is 0.785. The third kappa shape index (κ3) is 5.29. The second kappa shape index (κ2) is 8.52. The van der Waals surface area contributed by atoms with Crippen LogP contribution in [0.5, 0.6) is 5.75 Å². The maximum atomic E-state index is 13.2. The first-order valence-corrected chi connectivity index (χ1v) is 10.4. The van der Waals surface area contributed by atoms with E-state index in [4.69, 9.17) is 4.74 Å². The van der Waals surface area contributed by atoms with Gasteiger partial charge in [-0.05, 0) is 42.8 Å². The van der Waals surface area contributed by atoms with Crippen LogP contribution in [-0.4, -0.2) is 32.5 Å². The number of rotatable bonds is 7. The highest BCUT2D eigenvalue weighted by Crippen LogP contribution is 2.29. The molecule has 0 aliphatic rings. The molecule has 146 valence electrons. The van der Waals surface area contributed by atoms with Crippen LogP contribution in [0.1, 0.15) is 38.5 Å². The number of nitrogens with zero attached hydrogens (tertiary/aromatic N) is 1. The molecule has 2 rings (SSSR count). The maximum absolute atomic E-state index is 13.2. The van der Waals surface area contributed by atoms with Crippen molar-refractivity contribution in [2.24, 2.45) is 5.41 Å². The molecule has 0 saturated carbocycles. The maximum Gasteiger partial charge on any atom is 0.225 e. The monoisotopic (exact) mass is 390 g/mol. The van der Waals surface area contributed by atoms with Crippen LogP contribution >= 0.6 is 0 Å². The number of hydrogen-bond donors (Lipinski definition) is 1. The number of aromatic nitrogens is 1. The van der Waals surface area contributed by atoms with Crippen molar-refractivity contribution in [2.45, 2.75) is 37.8 Å². The van der Waals surface area contributed by atoms with Gasteiger partial charge in [0.2, 0.25) is 5.91 Å². The van der Waals surface area contributed by atoms with Crippen molar-refractivity contribution in [3.63, 3.8) is 0 Å². The lowest BCUT2D eigenvalue weighted by Crippen LogP contribution is -2.38. The Balaban J connectivity index is 2.35. The summed E-state index contributed by atoms with van der Waals surface area (Å²) in [5.74, 6) is 0.397. The molecule has 2 aromatic rings. The molecule has 27 heavy (non-hydrogen) atoms. The van der Waals surface area contributed by atoms with Crippen molar-refractivity contribution in [3.8, 4) is 5.75 Å². The topological polar surface area (TPSA) is 85.4 Å². The number of amides is 1. The van der Waals surface area contributed by atoms with E-state index in [1.165, 1.54) is 18.3 Å². The number of nitrogens with one attached hydrogen (secondary N) is 1. The van der Waals surface area contributed by atoms with Crippen LogP contribution in [0.3, 0.4) is 0 Å². The van der Waals surface area contributed by atoms with E-state index in [0.717, 1.165) is 0 Å². The summed E-state index contributed by atoms with van der Waals surface area (Å²) in [6.07, 6.45) is 3.10. The largest absolute Gasteiger partial charge is 0.494 e. The van der Waals surface area contributed by atoms with Crippen molar-refractivity contribution >= 4 is 15.7 Å². The minimum Gasteiger partial charge on any atom is -0.494 e. The predicted molar refractivity (Wildman–Crippen MR) is 104 cm³/mol. The number of sulfone groups is 1. The second-order valence-electron chi connectivity index (χ2n) is 7.18. The van der Waals surface area contributed by atoms with Gasteiger partial charge in [-0.2, -0.15) is 0 Å². The van der Waals surface area contributed by atoms with Crippen LogP contribution < -0.4 is 10.1 Å². The van der Waals surface area contributed by atoms with Crippen molar-refractivity contribution in [1.29, 1.82) is 0 Å². The van der Waals surface area contributed by atoms with Crippen LogP contribution in [0.2, 0.25) is 0 Å². The summed E-state index contributed by atoms with van der Waals surface area (Å²) >= 11 is 0. The molecule has 1 N–H and O–H groups in total. The van der Waals surface area contributed by atoms with E-state index in [2.05, 4.69) is 10.3 Å². The minimum atomic E-state index is -3.74. The molecule has 0 aliphatic heterocycles. The van der Waals surface area contributed by atoms with Crippen LogP contribution in [0, 0.1) is 5.41 Å². The Morgan fingerprint density at radius 2 is 1.85 bits per heavy atom. The zero-order valence-electron chi connectivity index (χ0n) is 16.1. The molecule has 0 bridgehead atoms. The van der Waals surface area contributed by atoms with Gasteiger partial charge in [-0.3, -0.25) is 9.78 Å². The highest BCUT2D eigenvalue weighted by Gasteiger charge is 2.31. The van der Waals surface area contributed by atoms with Crippen molar-refractivity contribution in [3.05, 3.63) is 54.4 Å². The number of carbonyl (C=O) groups is 1. The van der Waals surface area contributed by atoms with Gasteiger partial charge in [0.05, 0.1) is 11.5 Å². The van der Waals surface area contributed by atoms with Gasteiger partial charge in [0.1, 0.15) is 11.0 Å². The van der Waals surface area contributed by atoms with Gasteiger partial charge < -0.3 is 10.1 Å². The molecule has 1 atom stereocenters. The molecule has 1 unspecified atom stereocenters. The second-order valence-corrected chi connectivity index (χ2v) is 9.31. The van der Waals surface area contributed by atoms with E-state index < -0.39 is 20.5 Å². The van der Waals surface area contributed by atoms with Crippen LogP contribution in [0.4, 0.5) is 0 Å². The molecule has 0 saturated heterocycles. The molecular weight excluding hydrogens is 364 g/mol. The molecule has 1 heterocycles. The van der Waals surface area contributed by atoms with E-state index in [1.54, 1.807) is 51.2 Å². The summed E-state index contributed by atoms with van der Waals surface area (Å²) in [7, 11) is -3.74. The average Bonchev–Trinajstić information content (AvgIpc) is 2.62. The van der Waals surface area contributed by atoms with Gasteiger partial charge in [0.25, 0.3) is 0 Å². The molecule has 1 amide bonds. The van der Waals surface area contributed by atoms with Gasteiger partial charge in [-0.25, -0.2) is 8.42 Å². The Morgan fingerprint density at radius 3 is 2.37 bits per heavy atom. The Hall–Kier alpha value is -2.41. The Morgan fingerprint density at radius 1 is 1.19 bits per heavy atom. The first-order valence-electron chi connectivity index (χ1n) is 8.81. The van der Waals surface area contributed by atoms with Gasteiger partial charge in [0, 0.05) is 24.4 Å². The molecule has 7 heteroatoms. The van der Waals surface area contributed by atoms with Crippen LogP contribution in [0.15, 0.2) is 53.7 Å². The lowest BCUT2D eigenvalue weighted by molar-refractivity contribution is -0.128. The molecule has 0 aliphatic carbocycles. The zero-order valence-corrected chi connectivity index (χ0v) is 16.9. The van der Waals surface area contributed by atoms with Crippen LogP contribution in [-0.2, 0) is 14.6 Å². The molecule has 0 spiro atoms. The van der Waals surface area contributed by atoms with Crippen molar-refractivity contribution in [1.82, 2.24) is 10.3 Å². The summed E-state index contributed by atoms with van der Waals surface area (Å²) in [4.78, 5) is 16.4. The minimum absolute atomic E-state index is 0.0304. The van der Waals surface area contributed by atoms with E-state index >= 15 is 0 Å². The highest BCUT2D eigenvalue weighted by atomic mass is 32.2. The summed E-state index contributed by atoms with van der Waals surface area (Å²) in [5.41, 5.74) is -0.0804. The Labute approximate surface area is 160 Å². The molecule has 0 fully saturated rings. The Bertz CT molecular complexity index is 857. The first-order chi connectivity index (χ1) is 12.7. The molecular formula is C20H26N2O4S. The third-order valence-electron chi connectivity index (χ3n) is 4.02. The fourth-order valence-electron chi connectivity index (χ4n) is 2.48. The first kappa shape index (κ1) is 20.9. The SMILES string of the molecule is CCOc1ccc(S(=O)(=O)C(CNC(=O)C(C)(C)C)c2cccnc2)cc1. The van der Waals surface area contributed by atoms with E-state index in [0.29, 0.717) is 17.9 Å². The summed E-state index contributed by atoms with van der Waals surface area (Å²) in [6, 6.07) is 9.69. The summed E-state index contributed by atoms with van der Waals surface area (Å²) in [5, 5.41) is 1.82. The fourth-order valence-corrected chi connectivity index (χ4v) is 4.12. The molecule has 1 aromatic carbocycles. The van der Waals surface area contributed by atoms with Crippen LogP contribution in [0.25, 0.3) is 0 Å². The normalized spacial score (nSPS) is 13.0. The summed E-state index contributed by atoms with van der Waals surface area (Å²) in [6.45, 7) is 7.68. The fraction of sp³-hybridized carbons (Fsp3) is 0.400. The number of benzene rings is 1. The standard InChI is InChI=1S/C20H26N2O4S/c1-5-26-16-8-10-17(11-9-16)27(24,25)18(15-7-6-12-21-13-15)14-22-19(23)20(2,3)4/h6-13,18H,5,14H2,1-4H3,(H,22,23). The number of hydrogen-bond acceptors (Lipinski definition) is 5. The third-order valence-corrected chi connectivity index (χ3v) is 6.14.